The third-order valence-corrected chi connectivity index (χ3v) is 2.53. The van der Waals surface area contributed by atoms with Gasteiger partial charge in [-0.3, -0.25) is 0 Å². The van der Waals surface area contributed by atoms with Crippen LogP contribution in [0, 0.1) is 11.6 Å². The van der Waals surface area contributed by atoms with Gasteiger partial charge in [-0.15, -0.1) is 0 Å². The molecule has 0 spiro atoms. The summed E-state index contributed by atoms with van der Waals surface area (Å²) in [5.41, 5.74) is 0.309. The van der Waals surface area contributed by atoms with Crippen molar-refractivity contribution in [1.82, 2.24) is 0 Å². The third kappa shape index (κ3) is 6.91. The van der Waals surface area contributed by atoms with Crippen LogP contribution in [0.2, 0.25) is 0 Å². The largest absolute Gasteiger partial charge is 0.394 e. The Labute approximate surface area is 117 Å². The lowest BCUT2D eigenvalue weighted by Gasteiger charge is -2.07. The Hall–Kier alpha value is -1.08. The second-order valence-electron chi connectivity index (χ2n) is 4.02. The number of ether oxygens (including phenoxy) is 3. The predicted molar refractivity (Wildman–Crippen MR) is 69.6 cm³/mol. The highest BCUT2D eigenvalue weighted by atomic mass is 19.2. The number of hydrogen-bond acceptors (Lipinski definition) is 4. The molecule has 0 aliphatic carbocycles. The first kappa shape index (κ1) is 17.0. The molecule has 0 radical (unpaired) electrons. The smallest absolute Gasteiger partial charge is 0.162 e. The van der Waals surface area contributed by atoms with E-state index in [2.05, 4.69) is 0 Å². The Morgan fingerprint density at radius 3 is 2.10 bits per heavy atom. The molecule has 0 saturated heterocycles. The lowest BCUT2D eigenvalue weighted by Crippen LogP contribution is -2.11. The highest BCUT2D eigenvalue weighted by Gasteiger charge is 2.06. The molecule has 1 rings (SSSR count). The summed E-state index contributed by atoms with van der Waals surface area (Å²) in [6, 6.07) is 4.10. The maximum atomic E-state index is 13.3. The maximum Gasteiger partial charge on any atom is 0.162 e. The minimum absolute atomic E-state index is 0.000247. The zero-order valence-electron chi connectivity index (χ0n) is 11.3. The minimum Gasteiger partial charge on any atom is -0.394 e. The summed E-state index contributed by atoms with van der Waals surface area (Å²) in [7, 11) is 0. The van der Waals surface area contributed by atoms with E-state index in [0.29, 0.717) is 51.6 Å². The van der Waals surface area contributed by atoms with Crippen molar-refractivity contribution in [2.45, 2.75) is 6.42 Å². The molecule has 0 aromatic heterocycles. The van der Waals surface area contributed by atoms with Gasteiger partial charge in [0, 0.05) is 0 Å². The van der Waals surface area contributed by atoms with E-state index in [-0.39, 0.29) is 6.61 Å². The number of halogens is 2. The summed E-state index contributed by atoms with van der Waals surface area (Å²) < 4.78 is 41.7. The highest BCUT2D eigenvalue weighted by Crippen LogP contribution is 2.11. The van der Waals surface area contributed by atoms with Gasteiger partial charge in [-0.1, -0.05) is 12.1 Å². The molecule has 0 saturated carbocycles. The molecular weight excluding hydrogens is 270 g/mol. The summed E-state index contributed by atoms with van der Waals surface area (Å²) in [6.07, 6.45) is 0.323. The molecule has 114 valence electrons. The molecule has 0 bridgehead atoms. The molecule has 1 aromatic carbocycles. The van der Waals surface area contributed by atoms with Crippen LogP contribution in [-0.4, -0.2) is 51.4 Å². The van der Waals surface area contributed by atoms with Gasteiger partial charge < -0.3 is 19.3 Å². The zero-order valence-corrected chi connectivity index (χ0v) is 11.3. The quantitative estimate of drug-likeness (QED) is 0.628. The van der Waals surface area contributed by atoms with Crippen molar-refractivity contribution in [3.8, 4) is 0 Å². The average Bonchev–Trinajstić information content (AvgIpc) is 2.45. The summed E-state index contributed by atoms with van der Waals surface area (Å²) >= 11 is 0. The predicted octanol–water partition coefficient (Wildman–Crippen LogP) is 1.55. The van der Waals surface area contributed by atoms with Gasteiger partial charge in [-0.05, 0) is 18.1 Å². The lowest BCUT2D eigenvalue weighted by atomic mass is 10.1. The number of hydrogen-bond donors (Lipinski definition) is 1. The fourth-order valence-corrected chi connectivity index (χ4v) is 1.53. The van der Waals surface area contributed by atoms with E-state index in [1.807, 2.05) is 0 Å². The van der Waals surface area contributed by atoms with Crippen LogP contribution in [0.5, 0.6) is 0 Å². The minimum atomic E-state index is -0.839. The average molecular weight is 290 g/mol. The van der Waals surface area contributed by atoms with Crippen molar-refractivity contribution in [1.29, 1.82) is 0 Å². The SMILES string of the molecule is OCCOCCOCCOCCc1cccc(F)c1F. The van der Waals surface area contributed by atoms with Gasteiger partial charge in [0.2, 0.25) is 0 Å². The van der Waals surface area contributed by atoms with Gasteiger partial charge in [0.15, 0.2) is 11.6 Å². The topological polar surface area (TPSA) is 47.9 Å². The van der Waals surface area contributed by atoms with Crippen LogP contribution in [0.25, 0.3) is 0 Å². The molecule has 20 heavy (non-hydrogen) atoms. The molecule has 0 aliphatic rings. The molecular formula is C14H20F2O4. The van der Waals surface area contributed by atoms with Gasteiger partial charge in [0.1, 0.15) is 0 Å². The van der Waals surface area contributed by atoms with Gasteiger partial charge in [-0.25, -0.2) is 8.78 Å². The number of aliphatic hydroxyl groups excluding tert-OH is 1. The molecule has 0 aliphatic heterocycles. The number of rotatable bonds is 11. The van der Waals surface area contributed by atoms with Crippen LogP contribution in [-0.2, 0) is 20.6 Å². The first-order chi connectivity index (χ1) is 9.75. The third-order valence-electron chi connectivity index (χ3n) is 2.53. The van der Waals surface area contributed by atoms with Crippen molar-refractivity contribution < 1.29 is 28.1 Å². The van der Waals surface area contributed by atoms with Gasteiger partial charge in [0.25, 0.3) is 0 Å². The van der Waals surface area contributed by atoms with Gasteiger partial charge in [0.05, 0.1) is 46.2 Å². The molecule has 0 amide bonds. The zero-order chi connectivity index (χ0) is 14.6. The van der Waals surface area contributed by atoms with Gasteiger partial charge in [-0.2, -0.15) is 0 Å². The van der Waals surface area contributed by atoms with Crippen molar-refractivity contribution >= 4 is 0 Å². The molecule has 1 aromatic rings. The fraction of sp³-hybridized carbons (Fsp3) is 0.571. The summed E-state index contributed by atoms with van der Waals surface area (Å²) in [5.74, 6) is -1.65. The second kappa shape index (κ2) is 10.7. The van der Waals surface area contributed by atoms with Crippen LogP contribution in [0.4, 0.5) is 8.78 Å². The van der Waals surface area contributed by atoms with E-state index in [1.165, 1.54) is 12.1 Å². The highest BCUT2D eigenvalue weighted by molar-refractivity contribution is 5.18. The van der Waals surface area contributed by atoms with Crippen LogP contribution < -0.4 is 0 Å². The number of aliphatic hydroxyl groups is 1. The van der Waals surface area contributed by atoms with Crippen LogP contribution in [0.3, 0.4) is 0 Å². The van der Waals surface area contributed by atoms with Crippen LogP contribution in [0.15, 0.2) is 18.2 Å². The molecule has 6 heteroatoms. The lowest BCUT2D eigenvalue weighted by molar-refractivity contribution is 0.00810. The Morgan fingerprint density at radius 1 is 0.850 bits per heavy atom. The van der Waals surface area contributed by atoms with Crippen molar-refractivity contribution in [2.75, 3.05) is 46.2 Å². The van der Waals surface area contributed by atoms with E-state index in [1.54, 1.807) is 0 Å². The Bertz CT molecular complexity index is 374. The molecule has 0 atom stereocenters. The van der Waals surface area contributed by atoms with Crippen LogP contribution >= 0.6 is 0 Å². The fourth-order valence-electron chi connectivity index (χ4n) is 1.53. The standard InChI is InChI=1S/C14H20F2O4/c15-13-3-1-2-12(14(13)16)4-6-18-8-10-20-11-9-19-7-5-17/h1-3,17H,4-11H2. The molecule has 0 unspecified atom stereocenters. The summed E-state index contributed by atoms with van der Waals surface area (Å²) in [5, 5.41) is 8.46. The Kier molecular flexibility index (Phi) is 9.06. The van der Waals surface area contributed by atoms with Crippen molar-refractivity contribution in [3.63, 3.8) is 0 Å². The normalized spacial score (nSPS) is 10.9. The number of benzene rings is 1. The van der Waals surface area contributed by atoms with Crippen molar-refractivity contribution in [2.24, 2.45) is 0 Å². The van der Waals surface area contributed by atoms with Gasteiger partial charge >= 0.3 is 0 Å². The van der Waals surface area contributed by atoms with E-state index < -0.39 is 11.6 Å². The molecule has 0 fully saturated rings. The monoisotopic (exact) mass is 290 g/mol. The van der Waals surface area contributed by atoms with Crippen molar-refractivity contribution in [3.05, 3.63) is 35.4 Å². The van der Waals surface area contributed by atoms with E-state index >= 15 is 0 Å². The Morgan fingerprint density at radius 2 is 1.45 bits per heavy atom. The maximum absolute atomic E-state index is 13.3. The van der Waals surface area contributed by atoms with Crippen LogP contribution in [0.1, 0.15) is 5.56 Å². The summed E-state index contributed by atoms with van der Waals surface area (Å²) in [6.45, 7) is 2.27. The molecule has 1 N–H and O–H groups in total. The first-order valence-corrected chi connectivity index (χ1v) is 6.52. The molecule has 0 heterocycles. The first-order valence-electron chi connectivity index (χ1n) is 6.52. The van der Waals surface area contributed by atoms with E-state index in [4.69, 9.17) is 19.3 Å². The summed E-state index contributed by atoms with van der Waals surface area (Å²) in [4.78, 5) is 0. The second-order valence-corrected chi connectivity index (χ2v) is 4.02. The molecule has 4 nitrogen and oxygen atoms in total. The van der Waals surface area contributed by atoms with E-state index in [0.717, 1.165) is 6.07 Å². The van der Waals surface area contributed by atoms with E-state index in [9.17, 15) is 8.78 Å². The Balaban J connectivity index is 1.98.